The van der Waals surface area contributed by atoms with Crippen LogP contribution >= 0.6 is 22.7 Å². The molecule has 0 unspecified atom stereocenters. The van der Waals surface area contributed by atoms with Gasteiger partial charge in [-0.3, -0.25) is 0 Å². The van der Waals surface area contributed by atoms with Crippen molar-refractivity contribution in [3.63, 3.8) is 0 Å². The van der Waals surface area contributed by atoms with Crippen LogP contribution in [0.15, 0.2) is 17.8 Å². The van der Waals surface area contributed by atoms with Gasteiger partial charge in [0.05, 0.1) is 0 Å². The summed E-state index contributed by atoms with van der Waals surface area (Å²) in [7, 11) is 0. The first-order chi connectivity index (χ1) is 8.81. The van der Waals surface area contributed by atoms with E-state index < -0.39 is 0 Å². The SMILES string of the molecule is Cc1cnc(N2CCC(Oc3nccs3)CC2)s1. The van der Waals surface area contributed by atoms with Crippen molar-refractivity contribution >= 4 is 27.8 Å². The fourth-order valence-corrected chi connectivity index (χ4v) is 3.43. The van der Waals surface area contributed by atoms with Crippen molar-refractivity contribution in [1.82, 2.24) is 9.97 Å². The molecule has 1 saturated heterocycles. The van der Waals surface area contributed by atoms with Gasteiger partial charge in [-0.25, -0.2) is 9.97 Å². The fraction of sp³-hybridized carbons (Fsp3) is 0.500. The van der Waals surface area contributed by atoms with Crippen LogP contribution in [0.5, 0.6) is 5.19 Å². The Balaban J connectivity index is 1.55. The second-order valence-electron chi connectivity index (χ2n) is 4.36. The average molecular weight is 281 g/mol. The summed E-state index contributed by atoms with van der Waals surface area (Å²) < 4.78 is 5.85. The van der Waals surface area contributed by atoms with Gasteiger partial charge in [-0.15, -0.1) is 11.3 Å². The number of rotatable bonds is 3. The molecule has 0 aromatic carbocycles. The summed E-state index contributed by atoms with van der Waals surface area (Å²) in [6.45, 7) is 4.13. The minimum absolute atomic E-state index is 0.299. The first kappa shape index (κ1) is 11.9. The lowest BCUT2D eigenvalue weighted by molar-refractivity contribution is 0.170. The molecule has 0 amide bonds. The summed E-state index contributed by atoms with van der Waals surface area (Å²) in [5.74, 6) is 0. The van der Waals surface area contributed by atoms with E-state index in [0.29, 0.717) is 6.10 Å². The van der Waals surface area contributed by atoms with E-state index in [-0.39, 0.29) is 0 Å². The lowest BCUT2D eigenvalue weighted by Gasteiger charge is -2.31. The molecule has 2 aromatic rings. The van der Waals surface area contributed by atoms with Gasteiger partial charge in [-0.2, -0.15) is 0 Å². The number of anilines is 1. The number of thiazole rings is 2. The van der Waals surface area contributed by atoms with E-state index in [1.54, 1.807) is 28.9 Å². The average Bonchev–Trinajstić information content (AvgIpc) is 3.02. The molecule has 6 heteroatoms. The Labute approximate surface area is 114 Å². The van der Waals surface area contributed by atoms with E-state index in [4.69, 9.17) is 4.74 Å². The van der Waals surface area contributed by atoms with Crippen LogP contribution in [-0.4, -0.2) is 29.2 Å². The Morgan fingerprint density at radius 1 is 1.33 bits per heavy atom. The monoisotopic (exact) mass is 281 g/mol. The molecular weight excluding hydrogens is 266 g/mol. The molecule has 0 spiro atoms. The van der Waals surface area contributed by atoms with Gasteiger partial charge in [0, 0.05) is 48.6 Å². The molecule has 0 N–H and O–H groups in total. The Bertz CT molecular complexity index is 489. The predicted molar refractivity (Wildman–Crippen MR) is 74.8 cm³/mol. The Hall–Kier alpha value is -1.14. The second kappa shape index (κ2) is 5.24. The summed E-state index contributed by atoms with van der Waals surface area (Å²) in [5, 5.41) is 3.88. The highest BCUT2D eigenvalue weighted by atomic mass is 32.1. The van der Waals surface area contributed by atoms with Crippen molar-refractivity contribution in [2.45, 2.75) is 25.9 Å². The number of nitrogens with zero attached hydrogens (tertiary/aromatic N) is 3. The van der Waals surface area contributed by atoms with Crippen LogP contribution in [0.3, 0.4) is 0 Å². The molecule has 1 fully saturated rings. The van der Waals surface area contributed by atoms with Crippen LogP contribution in [0, 0.1) is 6.92 Å². The minimum atomic E-state index is 0.299. The van der Waals surface area contributed by atoms with Crippen LogP contribution in [0.4, 0.5) is 5.13 Å². The molecule has 0 radical (unpaired) electrons. The summed E-state index contributed by atoms with van der Waals surface area (Å²) in [6, 6.07) is 0. The zero-order chi connectivity index (χ0) is 12.4. The smallest absolute Gasteiger partial charge is 0.273 e. The number of hydrogen-bond acceptors (Lipinski definition) is 6. The molecule has 0 bridgehead atoms. The van der Waals surface area contributed by atoms with E-state index in [9.17, 15) is 0 Å². The van der Waals surface area contributed by atoms with Crippen LogP contribution in [-0.2, 0) is 0 Å². The fourth-order valence-electron chi connectivity index (χ4n) is 2.07. The maximum absolute atomic E-state index is 5.85. The molecule has 3 rings (SSSR count). The highest BCUT2D eigenvalue weighted by molar-refractivity contribution is 7.15. The van der Waals surface area contributed by atoms with E-state index in [2.05, 4.69) is 21.8 Å². The summed E-state index contributed by atoms with van der Waals surface area (Å²) >= 11 is 3.32. The van der Waals surface area contributed by atoms with Crippen LogP contribution in [0.25, 0.3) is 0 Å². The van der Waals surface area contributed by atoms with Crippen molar-refractivity contribution in [2.75, 3.05) is 18.0 Å². The largest absolute Gasteiger partial charge is 0.467 e. The molecule has 3 heterocycles. The molecular formula is C12H15N3OS2. The molecule has 1 aliphatic rings. The zero-order valence-electron chi connectivity index (χ0n) is 10.2. The highest BCUT2D eigenvalue weighted by Gasteiger charge is 2.22. The normalized spacial score (nSPS) is 17.1. The summed E-state index contributed by atoms with van der Waals surface area (Å²) in [6.07, 6.45) is 6.11. The van der Waals surface area contributed by atoms with Crippen molar-refractivity contribution < 1.29 is 4.74 Å². The Kier molecular flexibility index (Phi) is 3.47. The maximum atomic E-state index is 5.85. The van der Waals surface area contributed by atoms with Gasteiger partial charge in [-0.1, -0.05) is 11.3 Å². The van der Waals surface area contributed by atoms with Gasteiger partial charge in [0.15, 0.2) is 5.13 Å². The van der Waals surface area contributed by atoms with Crippen molar-refractivity contribution in [2.24, 2.45) is 0 Å². The predicted octanol–water partition coefficient (Wildman–Crippen LogP) is 2.96. The quantitative estimate of drug-likeness (QED) is 0.867. The third kappa shape index (κ3) is 2.64. The zero-order valence-corrected chi connectivity index (χ0v) is 11.8. The van der Waals surface area contributed by atoms with Gasteiger partial charge in [0.25, 0.3) is 5.19 Å². The van der Waals surface area contributed by atoms with Crippen LogP contribution in [0.2, 0.25) is 0 Å². The summed E-state index contributed by atoms with van der Waals surface area (Å²) in [5.41, 5.74) is 0. The van der Waals surface area contributed by atoms with E-state index in [0.717, 1.165) is 36.3 Å². The number of aryl methyl sites for hydroxylation is 1. The first-order valence-corrected chi connectivity index (χ1v) is 7.74. The first-order valence-electron chi connectivity index (χ1n) is 6.05. The topological polar surface area (TPSA) is 38.2 Å². The van der Waals surface area contributed by atoms with E-state index in [1.807, 2.05) is 11.6 Å². The standard InChI is InChI=1S/C12H15N3OS2/c1-9-8-14-11(18-9)15-5-2-10(3-6-15)16-12-13-4-7-17-12/h4,7-8,10H,2-3,5-6H2,1H3. The summed E-state index contributed by atoms with van der Waals surface area (Å²) in [4.78, 5) is 12.2. The molecule has 0 aliphatic carbocycles. The van der Waals surface area contributed by atoms with Crippen molar-refractivity contribution in [3.8, 4) is 5.19 Å². The second-order valence-corrected chi connectivity index (χ2v) is 6.43. The van der Waals surface area contributed by atoms with Gasteiger partial charge < -0.3 is 9.64 Å². The third-order valence-corrected chi connectivity index (χ3v) is 4.63. The van der Waals surface area contributed by atoms with Gasteiger partial charge in [-0.05, 0) is 6.92 Å². The molecule has 18 heavy (non-hydrogen) atoms. The number of hydrogen-bond donors (Lipinski definition) is 0. The van der Waals surface area contributed by atoms with E-state index in [1.165, 1.54) is 4.88 Å². The Morgan fingerprint density at radius 3 is 2.78 bits per heavy atom. The third-order valence-electron chi connectivity index (χ3n) is 3.00. The molecule has 1 aliphatic heterocycles. The molecule has 0 atom stereocenters. The molecule has 96 valence electrons. The molecule has 0 saturated carbocycles. The van der Waals surface area contributed by atoms with Crippen LogP contribution < -0.4 is 9.64 Å². The van der Waals surface area contributed by atoms with Gasteiger partial charge in [0.2, 0.25) is 0 Å². The lowest BCUT2D eigenvalue weighted by Crippen LogP contribution is -2.38. The van der Waals surface area contributed by atoms with Crippen molar-refractivity contribution in [3.05, 3.63) is 22.7 Å². The highest BCUT2D eigenvalue weighted by Crippen LogP contribution is 2.26. The minimum Gasteiger partial charge on any atom is -0.467 e. The van der Waals surface area contributed by atoms with E-state index >= 15 is 0 Å². The Morgan fingerprint density at radius 2 is 2.17 bits per heavy atom. The lowest BCUT2D eigenvalue weighted by atomic mass is 10.1. The number of ether oxygens (including phenoxy) is 1. The van der Waals surface area contributed by atoms with Gasteiger partial charge in [0.1, 0.15) is 6.10 Å². The molecule has 2 aromatic heterocycles. The maximum Gasteiger partial charge on any atom is 0.273 e. The van der Waals surface area contributed by atoms with Crippen molar-refractivity contribution in [1.29, 1.82) is 0 Å². The van der Waals surface area contributed by atoms with Crippen LogP contribution in [0.1, 0.15) is 17.7 Å². The number of aromatic nitrogens is 2. The number of piperidine rings is 1. The molecule has 4 nitrogen and oxygen atoms in total. The van der Waals surface area contributed by atoms with Gasteiger partial charge >= 0.3 is 0 Å².